The van der Waals surface area contributed by atoms with E-state index in [2.05, 4.69) is 15.5 Å². The molecule has 1 aliphatic rings. The number of aromatic nitrogens is 2. The Balaban J connectivity index is 1.71. The molecule has 30 heavy (non-hydrogen) atoms. The number of sulfone groups is 1. The summed E-state index contributed by atoms with van der Waals surface area (Å²) in [6.07, 6.45) is 2.32. The molecule has 1 aromatic heterocycles. The summed E-state index contributed by atoms with van der Waals surface area (Å²) in [4.78, 5) is 12.9. The number of likely N-dealkylation sites (tertiary alicyclic amines) is 1. The summed E-state index contributed by atoms with van der Waals surface area (Å²) < 4.78 is 55.1. The number of piperidine rings is 1. The molecule has 0 saturated carbocycles. The van der Waals surface area contributed by atoms with Crippen LogP contribution in [0.2, 0.25) is 5.02 Å². The molecule has 0 spiro atoms. The number of alkyl halides is 2. The van der Waals surface area contributed by atoms with Crippen molar-refractivity contribution in [1.82, 2.24) is 15.1 Å². The van der Waals surface area contributed by atoms with E-state index in [4.69, 9.17) is 16.9 Å². The minimum absolute atomic E-state index is 0.0405. The maximum atomic E-state index is 15.0. The van der Waals surface area contributed by atoms with Crippen molar-refractivity contribution in [3.63, 3.8) is 0 Å². The first-order valence-electron chi connectivity index (χ1n) is 8.81. The number of benzene rings is 1. The first kappa shape index (κ1) is 21.9. The van der Waals surface area contributed by atoms with E-state index in [-0.39, 0.29) is 31.5 Å². The van der Waals surface area contributed by atoms with E-state index < -0.39 is 37.0 Å². The largest absolute Gasteiger partial charge is 0.352 e. The van der Waals surface area contributed by atoms with Crippen molar-refractivity contribution in [1.29, 1.82) is 5.26 Å². The molecule has 1 N–H and O–H groups in total. The predicted molar refractivity (Wildman–Crippen MR) is 104 cm³/mol. The number of hydrogen-bond donors (Lipinski definition) is 1. The van der Waals surface area contributed by atoms with Crippen LogP contribution in [0, 0.1) is 17.2 Å². The first-order chi connectivity index (χ1) is 14.2. The van der Waals surface area contributed by atoms with Crippen LogP contribution in [0.5, 0.6) is 0 Å². The van der Waals surface area contributed by atoms with Crippen LogP contribution in [-0.4, -0.2) is 47.9 Å². The van der Waals surface area contributed by atoms with Crippen LogP contribution in [0.25, 0.3) is 0 Å². The van der Waals surface area contributed by atoms with Gasteiger partial charge in [-0.2, -0.15) is 24.2 Å². The summed E-state index contributed by atoms with van der Waals surface area (Å²) in [5.41, 5.74) is 0.464. The van der Waals surface area contributed by atoms with Gasteiger partial charge < -0.3 is 10.2 Å². The van der Waals surface area contributed by atoms with Gasteiger partial charge in [-0.05, 0) is 37.1 Å². The highest BCUT2D eigenvalue weighted by atomic mass is 35.5. The number of nitrogens with one attached hydrogen (secondary N) is 1. The summed E-state index contributed by atoms with van der Waals surface area (Å²) in [6.45, 7) is -0.0809. The lowest BCUT2D eigenvalue weighted by molar-refractivity contribution is 0.000428. The highest BCUT2D eigenvalue weighted by Gasteiger charge is 2.54. The van der Waals surface area contributed by atoms with E-state index in [1.165, 1.54) is 23.4 Å². The first-order valence-corrected chi connectivity index (χ1v) is 10.7. The molecule has 3 rings (SSSR count). The summed E-state index contributed by atoms with van der Waals surface area (Å²) >= 11 is 5.85. The van der Waals surface area contributed by atoms with Crippen LogP contribution in [0.3, 0.4) is 0 Å². The Morgan fingerprint density at radius 3 is 2.53 bits per heavy atom. The molecule has 2 amide bonds. The van der Waals surface area contributed by atoms with Crippen molar-refractivity contribution in [2.45, 2.75) is 23.0 Å². The molecule has 1 fully saturated rings. The highest BCUT2D eigenvalue weighted by molar-refractivity contribution is 7.92. The van der Waals surface area contributed by atoms with E-state index >= 15 is 0 Å². The second-order valence-corrected chi connectivity index (χ2v) is 9.04. The number of hydrogen-bond acceptors (Lipinski definition) is 6. The summed E-state index contributed by atoms with van der Waals surface area (Å²) in [5.74, 6) is -1.49. The van der Waals surface area contributed by atoms with Crippen LogP contribution in [-0.2, 0) is 9.84 Å². The number of urea groups is 1. The average molecular weight is 456 g/mol. The van der Waals surface area contributed by atoms with Gasteiger partial charge in [0.05, 0.1) is 39.6 Å². The van der Waals surface area contributed by atoms with E-state index in [0.717, 1.165) is 18.2 Å². The van der Waals surface area contributed by atoms with E-state index in [1.54, 1.807) is 6.07 Å². The minimum atomic E-state index is -5.09. The quantitative estimate of drug-likeness (QED) is 0.756. The van der Waals surface area contributed by atoms with Crippen LogP contribution in [0.4, 0.5) is 19.3 Å². The Hall–Kier alpha value is -2.84. The Morgan fingerprint density at radius 1 is 1.27 bits per heavy atom. The van der Waals surface area contributed by atoms with Crippen molar-refractivity contribution in [3.8, 4) is 6.07 Å². The second kappa shape index (κ2) is 8.49. The van der Waals surface area contributed by atoms with Crippen molar-refractivity contribution in [2.24, 2.45) is 5.92 Å². The molecular weight excluding hydrogens is 440 g/mol. The minimum Gasteiger partial charge on any atom is -0.325 e. The van der Waals surface area contributed by atoms with Gasteiger partial charge in [-0.15, -0.1) is 0 Å². The zero-order chi connectivity index (χ0) is 21.9. The van der Waals surface area contributed by atoms with Gasteiger partial charge >= 0.3 is 11.3 Å². The molecule has 1 aliphatic heterocycles. The monoisotopic (exact) mass is 455 g/mol. The summed E-state index contributed by atoms with van der Waals surface area (Å²) in [7, 11) is -5.09. The Kier molecular flexibility index (Phi) is 6.19. The normalized spacial score (nSPS) is 15.5. The number of amides is 2. The number of carbonyl (C=O) groups excluding carboxylic acids is 1. The van der Waals surface area contributed by atoms with E-state index in [9.17, 15) is 22.0 Å². The number of nitrogens with zero attached hydrogens (tertiary/aromatic N) is 4. The fraction of sp³-hybridized carbons (Fsp3) is 0.333. The van der Waals surface area contributed by atoms with Gasteiger partial charge in [0.1, 0.15) is 0 Å². The van der Waals surface area contributed by atoms with E-state index in [1.807, 2.05) is 0 Å². The molecule has 0 bridgehead atoms. The Bertz CT molecular complexity index is 1080. The number of carbonyl (C=O) groups is 1. The van der Waals surface area contributed by atoms with Crippen LogP contribution in [0.1, 0.15) is 18.4 Å². The third kappa shape index (κ3) is 4.20. The van der Waals surface area contributed by atoms with Crippen LogP contribution in [0.15, 0.2) is 41.6 Å². The third-order valence-electron chi connectivity index (χ3n) is 4.80. The molecule has 0 aliphatic carbocycles. The fourth-order valence-electron chi connectivity index (χ4n) is 3.14. The van der Waals surface area contributed by atoms with Gasteiger partial charge in [-0.25, -0.2) is 13.2 Å². The topological polar surface area (TPSA) is 116 Å². The molecular formula is C18H16ClF2N5O3S. The summed E-state index contributed by atoms with van der Waals surface area (Å²) in [6, 6.07) is 5.86. The fourth-order valence-corrected chi connectivity index (χ4v) is 5.16. The highest BCUT2D eigenvalue weighted by Crippen LogP contribution is 2.42. The maximum Gasteiger partial charge on any atom is 0.352 e. The lowest BCUT2D eigenvalue weighted by atomic mass is 9.97. The molecule has 0 unspecified atom stereocenters. The van der Waals surface area contributed by atoms with Gasteiger partial charge in [-0.1, -0.05) is 11.6 Å². The smallest absolute Gasteiger partial charge is 0.325 e. The second-order valence-electron chi connectivity index (χ2n) is 6.64. The molecule has 12 heteroatoms. The molecule has 1 saturated heterocycles. The van der Waals surface area contributed by atoms with Crippen LogP contribution < -0.4 is 5.32 Å². The number of anilines is 1. The van der Waals surface area contributed by atoms with Gasteiger partial charge in [-0.3, -0.25) is 0 Å². The zero-order valence-electron chi connectivity index (χ0n) is 15.4. The third-order valence-corrected chi connectivity index (χ3v) is 7.21. The molecule has 0 radical (unpaired) electrons. The SMILES string of the molecule is N#Cc1ccc(S(=O)(=O)C(F)(F)C2CCN(C(=O)Nc3ccnnc3)CC2)c(Cl)c1. The molecule has 2 aromatic rings. The Labute approximate surface area is 176 Å². The number of nitriles is 1. The lowest BCUT2D eigenvalue weighted by Crippen LogP contribution is -2.47. The molecule has 8 nitrogen and oxygen atoms in total. The Morgan fingerprint density at radius 2 is 1.97 bits per heavy atom. The molecule has 1 aromatic carbocycles. The van der Waals surface area contributed by atoms with Crippen LogP contribution >= 0.6 is 11.6 Å². The van der Waals surface area contributed by atoms with Crippen molar-refractivity contribution in [3.05, 3.63) is 47.2 Å². The zero-order valence-corrected chi connectivity index (χ0v) is 17.0. The van der Waals surface area contributed by atoms with Gasteiger partial charge in [0.2, 0.25) is 9.84 Å². The van der Waals surface area contributed by atoms with Gasteiger partial charge in [0.25, 0.3) is 0 Å². The molecule has 158 valence electrons. The van der Waals surface area contributed by atoms with E-state index in [0.29, 0.717) is 5.69 Å². The number of halogens is 3. The number of rotatable bonds is 4. The van der Waals surface area contributed by atoms with Gasteiger partial charge in [0.15, 0.2) is 0 Å². The van der Waals surface area contributed by atoms with Crippen molar-refractivity contribution in [2.75, 3.05) is 18.4 Å². The summed E-state index contributed by atoms with van der Waals surface area (Å²) in [5, 5.41) is 14.1. The van der Waals surface area contributed by atoms with Gasteiger partial charge in [0, 0.05) is 19.0 Å². The van der Waals surface area contributed by atoms with Crippen molar-refractivity contribution < 1.29 is 22.0 Å². The van der Waals surface area contributed by atoms with Crippen molar-refractivity contribution >= 4 is 33.2 Å². The predicted octanol–water partition coefficient (Wildman–Crippen LogP) is 3.31. The molecule has 0 atom stereocenters. The standard InChI is InChI=1S/C18H16ClF2N5O3S/c19-15-9-12(10-22)1-2-16(15)30(28,29)18(20,21)13-4-7-26(8-5-13)17(27)25-14-3-6-23-24-11-14/h1-3,6,9,11,13H,4-5,7-8H2,(H,23,25,27). The lowest BCUT2D eigenvalue weighted by Gasteiger charge is -2.35. The average Bonchev–Trinajstić information content (AvgIpc) is 2.74. The molecule has 2 heterocycles. The maximum absolute atomic E-state index is 15.0.